The van der Waals surface area contributed by atoms with E-state index in [0.29, 0.717) is 17.9 Å². The molecule has 0 saturated carbocycles. The van der Waals surface area contributed by atoms with Crippen LogP contribution in [0.5, 0.6) is 5.75 Å². The summed E-state index contributed by atoms with van der Waals surface area (Å²) < 4.78 is 25.9. The Bertz CT molecular complexity index is 1100. The maximum Gasteiger partial charge on any atom is 0.269 e. The largest absolute Gasteiger partial charge is 0.505 e. The third-order valence-electron chi connectivity index (χ3n) is 5.19. The minimum atomic E-state index is -1.80. The molecule has 1 amide bonds. The number of amidine groups is 2. The summed E-state index contributed by atoms with van der Waals surface area (Å²) in [5.41, 5.74) is 2.18. The normalized spacial score (nSPS) is 16.5. The van der Waals surface area contributed by atoms with Crippen molar-refractivity contribution in [3.63, 3.8) is 0 Å². The first-order valence-corrected chi connectivity index (χ1v) is 11.4. The van der Waals surface area contributed by atoms with Crippen LogP contribution in [0.2, 0.25) is 0 Å². The maximum absolute atomic E-state index is 12.5. The van der Waals surface area contributed by atoms with Gasteiger partial charge < -0.3 is 25.1 Å². The van der Waals surface area contributed by atoms with E-state index in [1.807, 2.05) is 13.0 Å². The standard InChI is InChI=1S/C22H29N5O4S/c1-7-15(17-10-14(11-31-17)12(2)3)23-20-21(26-32(30)25-20)24-16-9-8-13(4)18(19(16)28)22(29)27(5)6/h8-12,15,28H,7H2,1-6H3,(H,23,25)(H,24,26)/t15-,32?/m1/s1. The molecule has 3 N–H and O–H groups in total. The van der Waals surface area contributed by atoms with Crippen LogP contribution in [0, 0.1) is 6.92 Å². The monoisotopic (exact) mass is 459 g/mol. The first-order valence-electron chi connectivity index (χ1n) is 10.4. The number of phenolic OH excluding ortho intramolecular Hbond substituents is 1. The molecule has 1 aliphatic rings. The molecule has 32 heavy (non-hydrogen) atoms. The van der Waals surface area contributed by atoms with Gasteiger partial charge in [-0.2, -0.15) is 0 Å². The Morgan fingerprint density at radius 3 is 2.53 bits per heavy atom. The fraction of sp³-hybridized carbons (Fsp3) is 0.409. The molecule has 3 rings (SSSR count). The summed E-state index contributed by atoms with van der Waals surface area (Å²) in [7, 11) is 3.23. The molecule has 10 heteroatoms. The Balaban J connectivity index is 1.85. The fourth-order valence-corrected chi connectivity index (χ4v) is 3.87. The summed E-state index contributed by atoms with van der Waals surface area (Å²) >= 11 is -1.80. The lowest BCUT2D eigenvalue weighted by molar-refractivity contribution is 0.0824. The van der Waals surface area contributed by atoms with Crippen molar-refractivity contribution in [3.8, 4) is 5.75 Å². The van der Waals surface area contributed by atoms with Crippen molar-refractivity contribution in [1.29, 1.82) is 0 Å². The van der Waals surface area contributed by atoms with E-state index in [1.54, 1.807) is 39.4 Å². The molecule has 1 unspecified atom stereocenters. The topological polar surface area (TPSA) is 120 Å². The number of nitrogens with one attached hydrogen (secondary N) is 2. The predicted molar refractivity (Wildman–Crippen MR) is 126 cm³/mol. The quantitative estimate of drug-likeness (QED) is 0.567. The van der Waals surface area contributed by atoms with Crippen LogP contribution in [0.3, 0.4) is 0 Å². The van der Waals surface area contributed by atoms with E-state index >= 15 is 0 Å². The van der Waals surface area contributed by atoms with Gasteiger partial charge in [0.1, 0.15) is 5.76 Å². The molecule has 0 spiro atoms. The maximum atomic E-state index is 12.5. The number of rotatable bonds is 6. The summed E-state index contributed by atoms with van der Waals surface area (Å²) in [6.45, 7) is 7.92. The third-order valence-corrected chi connectivity index (χ3v) is 5.87. The molecular formula is C22H29N5O4S. The number of carbonyl (C=O) groups excluding carboxylic acids is 1. The van der Waals surface area contributed by atoms with Gasteiger partial charge in [0.15, 0.2) is 17.4 Å². The number of hydrogen-bond acceptors (Lipinski definition) is 6. The Morgan fingerprint density at radius 1 is 1.25 bits per heavy atom. The predicted octanol–water partition coefficient (Wildman–Crippen LogP) is 3.66. The second-order valence-electron chi connectivity index (χ2n) is 8.13. The summed E-state index contributed by atoms with van der Waals surface area (Å²) in [5, 5.41) is 16.9. The fourth-order valence-electron chi connectivity index (χ4n) is 3.25. The van der Waals surface area contributed by atoms with Gasteiger partial charge in [-0.25, -0.2) is 4.21 Å². The Kier molecular flexibility index (Phi) is 7.02. The van der Waals surface area contributed by atoms with Crippen LogP contribution in [-0.2, 0) is 11.2 Å². The van der Waals surface area contributed by atoms with Gasteiger partial charge in [-0.3, -0.25) is 4.79 Å². The third kappa shape index (κ3) is 4.85. The summed E-state index contributed by atoms with van der Waals surface area (Å²) in [4.78, 5) is 13.9. The van der Waals surface area contributed by atoms with Crippen molar-refractivity contribution >= 4 is 34.4 Å². The number of hydrogen-bond donors (Lipinski definition) is 3. The zero-order valence-corrected chi connectivity index (χ0v) is 19.9. The first kappa shape index (κ1) is 23.5. The molecule has 2 atom stereocenters. The van der Waals surface area contributed by atoms with Gasteiger partial charge in [-0.05, 0) is 42.5 Å². The van der Waals surface area contributed by atoms with Crippen LogP contribution < -0.4 is 10.6 Å². The highest BCUT2D eigenvalue weighted by atomic mass is 32.2. The minimum Gasteiger partial charge on any atom is -0.505 e. The van der Waals surface area contributed by atoms with E-state index in [2.05, 4.69) is 33.3 Å². The molecule has 0 aliphatic carbocycles. The molecule has 9 nitrogen and oxygen atoms in total. The molecule has 0 saturated heterocycles. The van der Waals surface area contributed by atoms with Gasteiger partial charge in [-0.1, -0.05) is 26.8 Å². The zero-order chi connectivity index (χ0) is 23.6. The van der Waals surface area contributed by atoms with E-state index in [0.717, 1.165) is 11.3 Å². The van der Waals surface area contributed by atoms with Crippen LogP contribution in [0.25, 0.3) is 0 Å². The smallest absolute Gasteiger partial charge is 0.269 e. The van der Waals surface area contributed by atoms with E-state index < -0.39 is 11.2 Å². The van der Waals surface area contributed by atoms with Crippen LogP contribution in [0.4, 0.5) is 5.69 Å². The van der Waals surface area contributed by atoms with Crippen molar-refractivity contribution in [2.75, 3.05) is 19.4 Å². The Labute approximate surface area is 190 Å². The van der Waals surface area contributed by atoms with E-state index in [-0.39, 0.29) is 40.6 Å². The zero-order valence-electron chi connectivity index (χ0n) is 19.1. The molecule has 0 bridgehead atoms. The summed E-state index contributed by atoms with van der Waals surface area (Å²) in [5.74, 6) is 1.05. The number of benzene rings is 1. The van der Waals surface area contributed by atoms with Crippen molar-refractivity contribution in [1.82, 2.24) is 10.2 Å². The lowest BCUT2D eigenvalue weighted by Crippen LogP contribution is -2.36. The summed E-state index contributed by atoms with van der Waals surface area (Å²) in [6, 6.07) is 5.14. The van der Waals surface area contributed by atoms with Crippen molar-refractivity contribution in [3.05, 3.63) is 46.9 Å². The highest BCUT2D eigenvalue weighted by Crippen LogP contribution is 2.32. The second kappa shape index (κ2) is 9.56. The minimum absolute atomic E-state index is 0.189. The van der Waals surface area contributed by atoms with E-state index in [9.17, 15) is 14.1 Å². The van der Waals surface area contributed by atoms with Crippen LogP contribution in [0.15, 0.2) is 37.7 Å². The average molecular weight is 460 g/mol. The summed E-state index contributed by atoms with van der Waals surface area (Å²) in [6.07, 6.45) is 2.43. The molecule has 172 valence electrons. The number of nitrogens with zero attached hydrogens (tertiary/aromatic N) is 3. The van der Waals surface area contributed by atoms with Gasteiger partial charge >= 0.3 is 0 Å². The number of anilines is 1. The molecule has 2 heterocycles. The van der Waals surface area contributed by atoms with Crippen LogP contribution in [0.1, 0.15) is 66.4 Å². The van der Waals surface area contributed by atoms with Crippen molar-refractivity contribution in [2.45, 2.75) is 46.1 Å². The van der Waals surface area contributed by atoms with Crippen molar-refractivity contribution < 1.29 is 18.5 Å². The highest BCUT2D eigenvalue weighted by Gasteiger charge is 2.26. The SMILES string of the molecule is CC[C@@H](NC1=NS(=O)N=C1Nc1ccc(C)c(C(=O)N(C)C)c1O)c1cc(C(C)C)co1. The van der Waals surface area contributed by atoms with Crippen LogP contribution in [-0.4, -0.2) is 45.9 Å². The lowest BCUT2D eigenvalue weighted by Gasteiger charge is -2.19. The number of phenols is 1. The molecule has 1 aliphatic heterocycles. The highest BCUT2D eigenvalue weighted by molar-refractivity contribution is 7.83. The number of amides is 1. The van der Waals surface area contributed by atoms with E-state index in [4.69, 9.17) is 4.42 Å². The number of aromatic hydroxyl groups is 1. The molecule has 1 aromatic carbocycles. The van der Waals surface area contributed by atoms with Gasteiger partial charge in [0.25, 0.3) is 17.1 Å². The molecular weight excluding hydrogens is 430 g/mol. The van der Waals surface area contributed by atoms with E-state index in [1.165, 1.54) is 4.90 Å². The number of aryl methyl sites for hydroxylation is 1. The number of furan rings is 1. The van der Waals surface area contributed by atoms with Gasteiger partial charge in [0.2, 0.25) is 0 Å². The lowest BCUT2D eigenvalue weighted by atomic mass is 10.0. The second-order valence-corrected chi connectivity index (χ2v) is 8.96. The van der Waals surface area contributed by atoms with Crippen LogP contribution >= 0.6 is 0 Å². The Hall–Kier alpha value is -3.14. The van der Waals surface area contributed by atoms with Gasteiger partial charge in [-0.15, -0.1) is 8.80 Å². The molecule has 1 aromatic heterocycles. The van der Waals surface area contributed by atoms with Crippen molar-refractivity contribution in [2.24, 2.45) is 8.80 Å². The first-order chi connectivity index (χ1) is 15.1. The number of carbonyl (C=O) groups is 1. The average Bonchev–Trinajstić information content (AvgIpc) is 3.35. The van der Waals surface area contributed by atoms with Gasteiger partial charge in [0.05, 0.1) is 23.6 Å². The molecule has 0 radical (unpaired) electrons. The molecule has 2 aromatic rings. The Morgan fingerprint density at radius 2 is 1.94 bits per heavy atom. The van der Waals surface area contributed by atoms with Gasteiger partial charge in [0, 0.05) is 14.1 Å². The molecule has 0 fully saturated rings.